The molecule has 0 aromatic heterocycles. The number of aliphatic hydroxyl groups is 1. The van der Waals surface area contributed by atoms with E-state index in [1.54, 1.807) is 0 Å². The molecule has 0 fully saturated rings. The lowest BCUT2D eigenvalue weighted by Gasteiger charge is -2.20. The molecule has 1 atom stereocenters. The lowest BCUT2D eigenvalue weighted by molar-refractivity contribution is -0.124. The number of primary amides is 1. The Morgan fingerprint density at radius 1 is 1.80 bits per heavy atom. The molecule has 0 aromatic rings. The summed E-state index contributed by atoms with van der Waals surface area (Å²) in [6.07, 6.45) is 1.64. The van der Waals surface area contributed by atoms with Gasteiger partial charge in [0.05, 0.1) is 6.61 Å². The Morgan fingerprint density at radius 2 is 2.30 bits per heavy atom. The quantitative estimate of drug-likeness (QED) is 0.430. The van der Waals surface area contributed by atoms with Gasteiger partial charge >= 0.3 is 0 Å². The summed E-state index contributed by atoms with van der Waals surface area (Å²) in [6, 6.07) is 0. The Hall–Kier alpha value is -0.870. The minimum Gasteiger partial charge on any atom is -0.394 e. The first-order chi connectivity index (χ1) is 4.56. The number of nitrogens with two attached hydrogens (primary N) is 2. The lowest BCUT2D eigenvalue weighted by atomic mass is 9.97. The van der Waals surface area contributed by atoms with Gasteiger partial charge in [-0.3, -0.25) is 4.79 Å². The van der Waals surface area contributed by atoms with E-state index in [1.807, 2.05) is 0 Å². The lowest BCUT2D eigenvalue weighted by Crippen LogP contribution is -2.54. The van der Waals surface area contributed by atoms with E-state index in [1.165, 1.54) is 6.08 Å². The smallest absolute Gasteiger partial charge is 0.240 e. The van der Waals surface area contributed by atoms with Gasteiger partial charge in [0.1, 0.15) is 5.54 Å². The van der Waals surface area contributed by atoms with E-state index in [-0.39, 0.29) is 6.42 Å². The van der Waals surface area contributed by atoms with Gasteiger partial charge in [0.15, 0.2) is 0 Å². The molecular weight excluding hydrogens is 132 g/mol. The second kappa shape index (κ2) is 3.34. The van der Waals surface area contributed by atoms with Gasteiger partial charge in [0.2, 0.25) is 5.91 Å². The molecule has 1 amide bonds. The Labute approximate surface area is 59.5 Å². The minimum atomic E-state index is -1.33. The highest BCUT2D eigenvalue weighted by Crippen LogP contribution is 2.04. The van der Waals surface area contributed by atoms with Crippen LogP contribution in [0.1, 0.15) is 6.42 Å². The third kappa shape index (κ3) is 1.82. The zero-order valence-corrected chi connectivity index (χ0v) is 5.71. The van der Waals surface area contributed by atoms with Gasteiger partial charge in [-0.1, -0.05) is 6.08 Å². The molecule has 4 nitrogen and oxygen atoms in total. The summed E-state index contributed by atoms with van der Waals surface area (Å²) in [5, 5.41) is 8.61. The second-order valence-electron chi connectivity index (χ2n) is 2.17. The second-order valence-corrected chi connectivity index (χ2v) is 2.17. The highest BCUT2D eigenvalue weighted by atomic mass is 16.3. The highest BCUT2D eigenvalue weighted by Gasteiger charge is 2.28. The van der Waals surface area contributed by atoms with Crippen molar-refractivity contribution in [2.24, 2.45) is 11.5 Å². The van der Waals surface area contributed by atoms with Crippen LogP contribution < -0.4 is 11.5 Å². The minimum absolute atomic E-state index is 0.193. The topological polar surface area (TPSA) is 89.3 Å². The summed E-state index contributed by atoms with van der Waals surface area (Å²) < 4.78 is 0. The van der Waals surface area contributed by atoms with Gasteiger partial charge in [-0.25, -0.2) is 0 Å². The standard InChI is InChI=1S/C6H12N2O2/c1-2-3-6(8,4-9)5(7)10/h2,9H,1,3-4,8H2,(H2,7,10)/t6-/m0/s1. The van der Waals surface area contributed by atoms with Crippen LogP contribution in [0.3, 0.4) is 0 Å². The Morgan fingerprint density at radius 3 is 2.40 bits per heavy atom. The summed E-state index contributed by atoms with van der Waals surface area (Å²) in [4.78, 5) is 10.5. The number of hydrogen-bond acceptors (Lipinski definition) is 3. The van der Waals surface area contributed by atoms with Gasteiger partial charge in [0.25, 0.3) is 0 Å². The average Bonchev–Trinajstić information content (AvgIpc) is 1.88. The fraction of sp³-hybridized carbons (Fsp3) is 0.500. The summed E-state index contributed by atoms with van der Waals surface area (Å²) in [5.74, 6) is -0.713. The number of carbonyl (C=O) groups excluding carboxylic acids is 1. The average molecular weight is 144 g/mol. The summed E-state index contributed by atoms with van der Waals surface area (Å²) in [7, 11) is 0. The fourth-order valence-electron chi connectivity index (χ4n) is 0.501. The fourth-order valence-corrected chi connectivity index (χ4v) is 0.501. The van der Waals surface area contributed by atoms with Crippen LogP contribution in [0, 0.1) is 0 Å². The highest BCUT2D eigenvalue weighted by molar-refractivity contribution is 5.84. The summed E-state index contributed by atoms with van der Waals surface area (Å²) in [6.45, 7) is 2.93. The maximum Gasteiger partial charge on any atom is 0.240 e. The Kier molecular flexibility index (Phi) is 3.05. The first-order valence-electron chi connectivity index (χ1n) is 2.87. The van der Waals surface area contributed by atoms with Crippen LogP contribution in [0.2, 0.25) is 0 Å². The molecule has 10 heavy (non-hydrogen) atoms. The molecule has 0 heterocycles. The van der Waals surface area contributed by atoms with Crippen molar-refractivity contribution in [1.82, 2.24) is 0 Å². The molecule has 0 aliphatic heterocycles. The van der Waals surface area contributed by atoms with Crippen LogP contribution in [0.4, 0.5) is 0 Å². The van der Waals surface area contributed by atoms with Crippen molar-refractivity contribution in [3.05, 3.63) is 12.7 Å². The van der Waals surface area contributed by atoms with Crippen LogP contribution in [-0.4, -0.2) is 23.2 Å². The summed E-state index contributed by atoms with van der Waals surface area (Å²) >= 11 is 0. The van der Waals surface area contributed by atoms with Crippen molar-refractivity contribution in [3.8, 4) is 0 Å². The monoisotopic (exact) mass is 144 g/mol. The van der Waals surface area contributed by atoms with E-state index in [9.17, 15) is 4.79 Å². The largest absolute Gasteiger partial charge is 0.394 e. The van der Waals surface area contributed by atoms with Crippen LogP contribution in [0.5, 0.6) is 0 Å². The zero-order valence-electron chi connectivity index (χ0n) is 5.71. The molecule has 0 rings (SSSR count). The maximum atomic E-state index is 10.5. The molecule has 4 heteroatoms. The van der Waals surface area contributed by atoms with Crippen LogP contribution >= 0.6 is 0 Å². The molecule has 58 valence electrons. The van der Waals surface area contributed by atoms with E-state index in [0.717, 1.165) is 0 Å². The molecule has 0 spiro atoms. The van der Waals surface area contributed by atoms with Crippen molar-refractivity contribution in [2.45, 2.75) is 12.0 Å². The Bertz CT molecular complexity index is 147. The maximum absolute atomic E-state index is 10.5. The number of amides is 1. The molecule has 0 bridgehead atoms. The number of aliphatic hydroxyl groups excluding tert-OH is 1. The molecule has 0 unspecified atom stereocenters. The molecule has 0 saturated carbocycles. The molecule has 0 aliphatic carbocycles. The first kappa shape index (κ1) is 9.13. The van der Waals surface area contributed by atoms with Gasteiger partial charge in [0, 0.05) is 0 Å². The van der Waals surface area contributed by atoms with Crippen molar-refractivity contribution >= 4 is 5.91 Å². The SMILES string of the molecule is C=CC[C@](N)(CO)C(N)=O. The van der Waals surface area contributed by atoms with E-state index in [0.29, 0.717) is 0 Å². The number of rotatable bonds is 4. The predicted octanol–water partition coefficient (Wildman–Crippen LogP) is -1.26. The van der Waals surface area contributed by atoms with Crippen LogP contribution in [0.25, 0.3) is 0 Å². The van der Waals surface area contributed by atoms with Gasteiger partial charge in [-0.15, -0.1) is 6.58 Å². The number of hydrogen-bond donors (Lipinski definition) is 3. The van der Waals surface area contributed by atoms with Crippen molar-refractivity contribution < 1.29 is 9.90 Å². The Balaban J connectivity index is 4.21. The van der Waals surface area contributed by atoms with E-state index >= 15 is 0 Å². The molecule has 0 aliphatic rings. The third-order valence-corrected chi connectivity index (χ3v) is 1.28. The van der Waals surface area contributed by atoms with E-state index in [2.05, 4.69) is 6.58 Å². The normalized spacial score (nSPS) is 15.8. The number of carbonyl (C=O) groups is 1. The predicted molar refractivity (Wildman–Crippen MR) is 38.0 cm³/mol. The van der Waals surface area contributed by atoms with Gasteiger partial charge in [-0.2, -0.15) is 0 Å². The van der Waals surface area contributed by atoms with Crippen molar-refractivity contribution in [3.63, 3.8) is 0 Å². The van der Waals surface area contributed by atoms with E-state index in [4.69, 9.17) is 16.6 Å². The van der Waals surface area contributed by atoms with Gasteiger partial charge < -0.3 is 16.6 Å². The molecule has 0 radical (unpaired) electrons. The van der Waals surface area contributed by atoms with E-state index < -0.39 is 18.1 Å². The third-order valence-electron chi connectivity index (χ3n) is 1.28. The zero-order chi connectivity index (χ0) is 8.20. The molecule has 0 aromatic carbocycles. The van der Waals surface area contributed by atoms with Crippen LogP contribution in [-0.2, 0) is 4.79 Å². The van der Waals surface area contributed by atoms with Crippen LogP contribution in [0.15, 0.2) is 12.7 Å². The molecular formula is C6H12N2O2. The molecule has 0 saturated heterocycles. The van der Waals surface area contributed by atoms with Gasteiger partial charge in [-0.05, 0) is 6.42 Å². The van der Waals surface area contributed by atoms with Crippen molar-refractivity contribution in [1.29, 1.82) is 0 Å². The molecule has 5 N–H and O–H groups in total. The first-order valence-corrected chi connectivity index (χ1v) is 2.87. The van der Waals surface area contributed by atoms with Crippen molar-refractivity contribution in [2.75, 3.05) is 6.61 Å². The summed E-state index contributed by atoms with van der Waals surface area (Å²) in [5.41, 5.74) is 8.92.